The SMILES string of the molecule is COc1cccc(C#N)c1NCC1CCCCN1. The van der Waals surface area contributed by atoms with Crippen molar-refractivity contribution in [3.63, 3.8) is 0 Å². The fraction of sp³-hybridized carbons (Fsp3) is 0.500. The predicted molar refractivity (Wildman–Crippen MR) is 71.8 cm³/mol. The second kappa shape index (κ2) is 6.27. The lowest BCUT2D eigenvalue weighted by Crippen LogP contribution is -2.39. The molecule has 1 aliphatic heterocycles. The Morgan fingerprint density at radius 2 is 2.39 bits per heavy atom. The smallest absolute Gasteiger partial charge is 0.143 e. The molecular weight excluding hydrogens is 226 g/mol. The molecule has 96 valence electrons. The molecule has 2 rings (SSSR count). The van der Waals surface area contributed by atoms with Crippen LogP contribution >= 0.6 is 0 Å². The van der Waals surface area contributed by atoms with Crippen LogP contribution in [0.4, 0.5) is 5.69 Å². The maximum Gasteiger partial charge on any atom is 0.143 e. The predicted octanol–water partition coefficient (Wildman–Crippen LogP) is 2.12. The van der Waals surface area contributed by atoms with E-state index in [9.17, 15) is 0 Å². The zero-order valence-corrected chi connectivity index (χ0v) is 10.7. The standard InChI is InChI=1S/C14H19N3O/c1-18-13-7-4-5-11(9-15)14(13)17-10-12-6-2-3-8-16-12/h4-5,7,12,16-17H,2-3,6,8,10H2,1H3. The van der Waals surface area contributed by atoms with Gasteiger partial charge in [-0.15, -0.1) is 0 Å². The highest BCUT2D eigenvalue weighted by Gasteiger charge is 2.14. The Bertz CT molecular complexity index is 433. The van der Waals surface area contributed by atoms with Gasteiger partial charge in [0.2, 0.25) is 0 Å². The summed E-state index contributed by atoms with van der Waals surface area (Å²) >= 11 is 0. The van der Waals surface area contributed by atoms with Crippen molar-refractivity contribution in [3.8, 4) is 11.8 Å². The zero-order valence-electron chi connectivity index (χ0n) is 10.7. The van der Waals surface area contributed by atoms with E-state index >= 15 is 0 Å². The molecular formula is C14H19N3O. The lowest BCUT2D eigenvalue weighted by atomic mass is 10.0. The van der Waals surface area contributed by atoms with E-state index in [-0.39, 0.29) is 0 Å². The summed E-state index contributed by atoms with van der Waals surface area (Å²) in [5, 5.41) is 15.9. The van der Waals surface area contributed by atoms with Crippen LogP contribution < -0.4 is 15.4 Å². The molecule has 4 heteroatoms. The van der Waals surface area contributed by atoms with Gasteiger partial charge in [0.1, 0.15) is 11.8 Å². The minimum atomic E-state index is 0.482. The van der Waals surface area contributed by atoms with Gasteiger partial charge < -0.3 is 15.4 Å². The van der Waals surface area contributed by atoms with Crippen LogP contribution in [0.3, 0.4) is 0 Å². The molecule has 0 spiro atoms. The number of hydrogen-bond donors (Lipinski definition) is 2. The first-order valence-electron chi connectivity index (χ1n) is 6.39. The molecule has 2 N–H and O–H groups in total. The molecule has 1 unspecified atom stereocenters. The molecule has 0 bridgehead atoms. The van der Waals surface area contributed by atoms with E-state index in [2.05, 4.69) is 16.7 Å². The molecule has 0 saturated carbocycles. The summed E-state index contributed by atoms with van der Waals surface area (Å²) in [5.41, 5.74) is 1.43. The highest BCUT2D eigenvalue weighted by molar-refractivity contribution is 5.66. The number of nitrogens with zero attached hydrogens (tertiary/aromatic N) is 1. The van der Waals surface area contributed by atoms with E-state index in [0.717, 1.165) is 24.5 Å². The monoisotopic (exact) mass is 245 g/mol. The van der Waals surface area contributed by atoms with Crippen molar-refractivity contribution in [1.82, 2.24) is 5.32 Å². The van der Waals surface area contributed by atoms with Crippen molar-refractivity contribution in [2.75, 3.05) is 25.5 Å². The quantitative estimate of drug-likeness (QED) is 0.853. The van der Waals surface area contributed by atoms with Gasteiger partial charge in [0, 0.05) is 12.6 Å². The molecule has 0 aliphatic carbocycles. The van der Waals surface area contributed by atoms with Crippen molar-refractivity contribution in [2.45, 2.75) is 25.3 Å². The molecule has 1 aliphatic rings. The first-order chi connectivity index (χ1) is 8.85. The molecule has 0 aromatic heterocycles. The number of nitriles is 1. The molecule has 18 heavy (non-hydrogen) atoms. The summed E-state index contributed by atoms with van der Waals surface area (Å²) < 4.78 is 5.29. The van der Waals surface area contributed by atoms with Crippen molar-refractivity contribution in [1.29, 1.82) is 5.26 Å². The Morgan fingerprint density at radius 3 is 3.06 bits per heavy atom. The van der Waals surface area contributed by atoms with E-state index in [1.807, 2.05) is 12.1 Å². The largest absolute Gasteiger partial charge is 0.495 e. The fourth-order valence-electron chi connectivity index (χ4n) is 2.30. The van der Waals surface area contributed by atoms with E-state index in [1.54, 1.807) is 13.2 Å². The second-order valence-electron chi connectivity index (χ2n) is 4.52. The van der Waals surface area contributed by atoms with E-state index < -0.39 is 0 Å². The van der Waals surface area contributed by atoms with Crippen molar-refractivity contribution in [2.24, 2.45) is 0 Å². The lowest BCUT2D eigenvalue weighted by Gasteiger charge is -2.24. The van der Waals surface area contributed by atoms with E-state index in [0.29, 0.717) is 11.6 Å². The molecule has 1 aromatic carbocycles. The summed E-state index contributed by atoms with van der Waals surface area (Å²) in [7, 11) is 1.63. The van der Waals surface area contributed by atoms with Crippen LogP contribution in [0.15, 0.2) is 18.2 Å². The average molecular weight is 245 g/mol. The zero-order chi connectivity index (χ0) is 12.8. The summed E-state index contributed by atoms with van der Waals surface area (Å²) in [5.74, 6) is 0.727. The molecule has 1 heterocycles. The third kappa shape index (κ3) is 2.93. The van der Waals surface area contributed by atoms with Crippen molar-refractivity contribution >= 4 is 5.69 Å². The maximum absolute atomic E-state index is 9.11. The summed E-state index contributed by atoms with van der Waals surface area (Å²) in [6.45, 7) is 1.92. The minimum absolute atomic E-state index is 0.482. The number of nitrogens with one attached hydrogen (secondary N) is 2. The van der Waals surface area contributed by atoms with Crippen molar-refractivity contribution < 1.29 is 4.74 Å². The Morgan fingerprint density at radius 1 is 1.50 bits per heavy atom. The number of piperidine rings is 1. The number of rotatable bonds is 4. The van der Waals surface area contributed by atoms with Crippen LogP contribution in [-0.2, 0) is 0 Å². The first kappa shape index (κ1) is 12.7. The van der Waals surface area contributed by atoms with Crippen LogP contribution in [0, 0.1) is 11.3 Å². The van der Waals surface area contributed by atoms with Gasteiger partial charge in [0.15, 0.2) is 0 Å². The van der Waals surface area contributed by atoms with Gasteiger partial charge in [0.25, 0.3) is 0 Å². The topological polar surface area (TPSA) is 57.1 Å². The van der Waals surface area contributed by atoms with Crippen LogP contribution in [-0.4, -0.2) is 26.2 Å². The number of ether oxygens (including phenoxy) is 1. The number of hydrogen-bond acceptors (Lipinski definition) is 4. The van der Waals surface area contributed by atoms with Gasteiger partial charge >= 0.3 is 0 Å². The summed E-state index contributed by atoms with van der Waals surface area (Å²) in [6.07, 6.45) is 3.72. The van der Waals surface area contributed by atoms with Gasteiger partial charge in [-0.3, -0.25) is 0 Å². The lowest BCUT2D eigenvalue weighted by molar-refractivity contribution is 0.407. The average Bonchev–Trinajstić information content (AvgIpc) is 2.45. The molecule has 1 saturated heterocycles. The van der Waals surface area contributed by atoms with Gasteiger partial charge in [-0.05, 0) is 31.5 Å². The molecule has 1 atom stereocenters. The number of methoxy groups -OCH3 is 1. The number of anilines is 1. The molecule has 1 aromatic rings. The van der Waals surface area contributed by atoms with Gasteiger partial charge in [-0.2, -0.15) is 5.26 Å². The normalized spacial score (nSPS) is 19.0. The first-order valence-corrected chi connectivity index (χ1v) is 6.39. The van der Waals surface area contributed by atoms with E-state index in [1.165, 1.54) is 19.3 Å². The summed E-state index contributed by atoms with van der Waals surface area (Å²) in [4.78, 5) is 0. The van der Waals surface area contributed by atoms with Crippen LogP contribution in [0.2, 0.25) is 0 Å². The Hall–Kier alpha value is -1.73. The second-order valence-corrected chi connectivity index (χ2v) is 4.52. The molecule has 0 amide bonds. The molecule has 0 radical (unpaired) electrons. The number of para-hydroxylation sites is 1. The maximum atomic E-state index is 9.11. The Labute approximate surface area is 108 Å². The van der Waals surface area contributed by atoms with E-state index in [4.69, 9.17) is 10.00 Å². The highest BCUT2D eigenvalue weighted by atomic mass is 16.5. The van der Waals surface area contributed by atoms with Crippen LogP contribution in [0.1, 0.15) is 24.8 Å². The summed E-state index contributed by atoms with van der Waals surface area (Å²) in [6, 6.07) is 8.19. The van der Waals surface area contributed by atoms with Crippen molar-refractivity contribution in [3.05, 3.63) is 23.8 Å². The Kier molecular flexibility index (Phi) is 4.43. The fourth-order valence-corrected chi connectivity index (χ4v) is 2.30. The van der Waals surface area contributed by atoms with Gasteiger partial charge in [-0.1, -0.05) is 12.5 Å². The molecule has 4 nitrogen and oxygen atoms in total. The van der Waals surface area contributed by atoms with Crippen LogP contribution in [0.5, 0.6) is 5.75 Å². The third-order valence-corrected chi connectivity index (χ3v) is 3.30. The highest BCUT2D eigenvalue weighted by Crippen LogP contribution is 2.27. The molecule has 1 fully saturated rings. The Balaban J connectivity index is 2.05. The number of benzene rings is 1. The minimum Gasteiger partial charge on any atom is -0.495 e. The van der Waals surface area contributed by atoms with Gasteiger partial charge in [-0.25, -0.2) is 0 Å². The third-order valence-electron chi connectivity index (χ3n) is 3.30. The van der Waals surface area contributed by atoms with Crippen LogP contribution in [0.25, 0.3) is 0 Å². The van der Waals surface area contributed by atoms with Gasteiger partial charge in [0.05, 0.1) is 18.4 Å².